The van der Waals surface area contributed by atoms with Crippen molar-refractivity contribution in [2.24, 2.45) is 0 Å². The molecule has 5 rings (SSSR count). The zero-order chi connectivity index (χ0) is 35.5. The van der Waals surface area contributed by atoms with Crippen molar-refractivity contribution in [3.05, 3.63) is 148 Å². The van der Waals surface area contributed by atoms with E-state index in [1.54, 1.807) is 60.7 Å². The number of rotatable bonds is 13. The van der Waals surface area contributed by atoms with E-state index in [-0.39, 0.29) is 11.6 Å². The van der Waals surface area contributed by atoms with E-state index in [9.17, 15) is 14.4 Å². The summed E-state index contributed by atoms with van der Waals surface area (Å²) >= 11 is 4.84. The van der Waals surface area contributed by atoms with Crippen LogP contribution in [0.5, 0.6) is 17.2 Å². The maximum absolute atomic E-state index is 13.9. The monoisotopic (exact) mass is 751 g/mol. The zero-order valence-corrected chi connectivity index (χ0v) is 29.8. The van der Waals surface area contributed by atoms with Crippen LogP contribution in [0.25, 0.3) is 6.08 Å². The smallest absolute Gasteiger partial charge is 0.272 e. The minimum absolute atomic E-state index is 0.0441. The van der Waals surface area contributed by atoms with E-state index in [1.807, 2.05) is 60.7 Å². The van der Waals surface area contributed by atoms with Crippen molar-refractivity contribution in [2.75, 3.05) is 32.0 Å². The number of hydrogen-bond donors (Lipinski definition) is 3. The highest BCUT2D eigenvalue weighted by molar-refractivity contribution is 9.10. The molecule has 254 valence electrons. The molecule has 0 bridgehead atoms. The Hall–Kier alpha value is -5.52. The van der Waals surface area contributed by atoms with Gasteiger partial charge in [-0.25, -0.2) is 0 Å². The number of thioether (sulfide) groups is 1. The van der Waals surface area contributed by atoms with Crippen molar-refractivity contribution >= 4 is 62.9 Å². The lowest BCUT2D eigenvalue weighted by molar-refractivity contribution is -0.116. The van der Waals surface area contributed by atoms with Crippen LogP contribution in [0.15, 0.2) is 136 Å². The summed E-state index contributed by atoms with van der Waals surface area (Å²) in [5.74, 6) is -0.0190. The van der Waals surface area contributed by atoms with E-state index >= 15 is 0 Å². The normalized spacial score (nSPS) is 11.6. The Balaban J connectivity index is 1.44. The molecule has 0 radical (unpaired) electrons. The van der Waals surface area contributed by atoms with Gasteiger partial charge in [0.1, 0.15) is 16.7 Å². The summed E-state index contributed by atoms with van der Waals surface area (Å²) in [4.78, 5) is 41.5. The van der Waals surface area contributed by atoms with Gasteiger partial charge in [0.15, 0.2) is 11.5 Å². The number of hydrogen-bond acceptors (Lipinski definition) is 7. The number of anilines is 2. The number of para-hydroxylation sites is 1. The Morgan fingerprint density at radius 1 is 0.700 bits per heavy atom. The van der Waals surface area contributed by atoms with Crippen molar-refractivity contribution in [3.63, 3.8) is 0 Å². The summed E-state index contributed by atoms with van der Waals surface area (Å²) in [5, 5.41) is 8.06. The molecule has 0 aromatic heterocycles. The molecule has 1 atom stereocenters. The number of benzene rings is 5. The fourth-order valence-electron chi connectivity index (χ4n) is 4.91. The third-order valence-corrected chi connectivity index (χ3v) is 9.32. The van der Waals surface area contributed by atoms with Gasteiger partial charge < -0.3 is 30.2 Å². The number of methoxy groups -OCH3 is 3. The molecule has 50 heavy (non-hydrogen) atoms. The van der Waals surface area contributed by atoms with Crippen LogP contribution in [0.4, 0.5) is 11.4 Å². The first kappa shape index (κ1) is 35.8. The van der Waals surface area contributed by atoms with Gasteiger partial charge in [-0.15, -0.1) is 11.8 Å². The molecule has 0 saturated carbocycles. The Morgan fingerprint density at radius 3 is 2.02 bits per heavy atom. The van der Waals surface area contributed by atoms with E-state index in [2.05, 4.69) is 31.9 Å². The van der Waals surface area contributed by atoms with Crippen molar-refractivity contribution in [1.82, 2.24) is 5.32 Å². The van der Waals surface area contributed by atoms with Crippen molar-refractivity contribution in [2.45, 2.75) is 10.1 Å². The first-order valence-electron chi connectivity index (χ1n) is 15.4. The van der Waals surface area contributed by atoms with Gasteiger partial charge in [-0.2, -0.15) is 0 Å². The average molecular weight is 753 g/mol. The molecule has 3 amide bonds. The van der Waals surface area contributed by atoms with Crippen LogP contribution in [0, 0.1) is 0 Å². The summed E-state index contributed by atoms with van der Waals surface area (Å²) in [6, 6.07) is 35.9. The van der Waals surface area contributed by atoms with Crippen LogP contribution < -0.4 is 30.2 Å². The minimum atomic E-state index is -0.604. The molecule has 0 aliphatic heterocycles. The predicted molar refractivity (Wildman–Crippen MR) is 201 cm³/mol. The molecule has 9 nitrogen and oxygen atoms in total. The van der Waals surface area contributed by atoms with Crippen molar-refractivity contribution in [1.29, 1.82) is 0 Å². The SMILES string of the molecule is COc1cc(OC)c(OC)cc1/C=C(/NC(=O)c1ccccc1)C(=O)Nc1cccc(SC(C(=O)Nc2ccccc2Br)c2ccccc2)c1. The molecule has 0 fully saturated rings. The summed E-state index contributed by atoms with van der Waals surface area (Å²) in [7, 11) is 4.50. The number of nitrogens with one attached hydrogen (secondary N) is 3. The van der Waals surface area contributed by atoms with Crippen LogP contribution in [0.3, 0.4) is 0 Å². The van der Waals surface area contributed by atoms with Crippen LogP contribution in [-0.4, -0.2) is 39.1 Å². The van der Waals surface area contributed by atoms with Crippen molar-refractivity contribution < 1.29 is 28.6 Å². The van der Waals surface area contributed by atoms with Gasteiger partial charge in [-0.1, -0.05) is 66.7 Å². The molecular formula is C39H34BrN3O6S. The number of ether oxygens (including phenoxy) is 3. The lowest BCUT2D eigenvalue weighted by Crippen LogP contribution is -2.30. The van der Waals surface area contributed by atoms with Gasteiger partial charge in [0.05, 0.1) is 27.0 Å². The third kappa shape index (κ3) is 9.13. The second-order valence-corrected chi connectivity index (χ2v) is 12.7. The van der Waals surface area contributed by atoms with Gasteiger partial charge in [0, 0.05) is 32.2 Å². The number of halogens is 1. The molecule has 0 heterocycles. The zero-order valence-electron chi connectivity index (χ0n) is 27.4. The Morgan fingerprint density at radius 2 is 1.34 bits per heavy atom. The molecule has 5 aromatic carbocycles. The predicted octanol–water partition coefficient (Wildman–Crippen LogP) is 8.36. The highest BCUT2D eigenvalue weighted by Crippen LogP contribution is 2.38. The average Bonchev–Trinajstić information content (AvgIpc) is 3.15. The first-order valence-corrected chi connectivity index (χ1v) is 17.0. The Kier molecular flexibility index (Phi) is 12.3. The summed E-state index contributed by atoms with van der Waals surface area (Å²) in [5.41, 5.74) is 2.72. The molecule has 0 spiro atoms. The van der Waals surface area contributed by atoms with Crippen LogP contribution in [-0.2, 0) is 9.59 Å². The number of carbonyl (C=O) groups excluding carboxylic acids is 3. The lowest BCUT2D eigenvalue weighted by Gasteiger charge is -2.18. The Labute approximate surface area is 303 Å². The minimum Gasteiger partial charge on any atom is -0.496 e. The second-order valence-electron chi connectivity index (χ2n) is 10.7. The second kappa shape index (κ2) is 17.2. The van der Waals surface area contributed by atoms with E-state index in [0.717, 1.165) is 14.9 Å². The van der Waals surface area contributed by atoms with Crippen molar-refractivity contribution in [3.8, 4) is 17.2 Å². The van der Waals surface area contributed by atoms with Gasteiger partial charge in [0.2, 0.25) is 5.91 Å². The number of amides is 3. The molecule has 3 N–H and O–H groups in total. The first-order chi connectivity index (χ1) is 24.3. The molecule has 11 heteroatoms. The van der Waals surface area contributed by atoms with Gasteiger partial charge in [-0.3, -0.25) is 14.4 Å². The van der Waals surface area contributed by atoms with Gasteiger partial charge >= 0.3 is 0 Å². The Bertz CT molecular complexity index is 2010. The fraction of sp³-hybridized carbons (Fsp3) is 0.103. The van der Waals surface area contributed by atoms with E-state index in [0.29, 0.717) is 39.8 Å². The highest BCUT2D eigenvalue weighted by atomic mass is 79.9. The topological polar surface area (TPSA) is 115 Å². The van der Waals surface area contributed by atoms with Gasteiger partial charge in [-0.05, 0) is 76.1 Å². The third-order valence-electron chi connectivity index (χ3n) is 7.38. The van der Waals surface area contributed by atoms with Gasteiger partial charge in [0.25, 0.3) is 11.8 Å². The maximum Gasteiger partial charge on any atom is 0.272 e. The molecule has 1 unspecified atom stereocenters. The fourth-order valence-corrected chi connectivity index (χ4v) is 6.37. The van der Waals surface area contributed by atoms with E-state index in [4.69, 9.17) is 14.2 Å². The maximum atomic E-state index is 13.9. The molecular weight excluding hydrogens is 718 g/mol. The van der Waals surface area contributed by atoms with Crippen LogP contribution in [0.2, 0.25) is 0 Å². The molecule has 0 aliphatic carbocycles. The largest absolute Gasteiger partial charge is 0.496 e. The molecule has 0 aliphatic rings. The van der Waals surface area contributed by atoms with E-state index in [1.165, 1.54) is 39.2 Å². The molecule has 5 aromatic rings. The highest BCUT2D eigenvalue weighted by Gasteiger charge is 2.24. The quantitative estimate of drug-likeness (QED) is 0.0819. The molecule has 0 saturated heterocycles. The van der Waals surface area contributed by atoms with Crippen LogP contribution >= 0.6 is 27.7 Å². The lowest BCUT2D eigenvalue weighted by atomic mass is 10.1. The van der Waals surface area contributed by atoms with Crippen LogP contribution in [0.1, 0.15) is 26.7 Å². The summed E-state index contributed by atoms with van der Waals surface area (Å²) < 4.78 is 17.2. The standard InChI is InChI=1S/C39H34BrN3O6S/c1-47-33-24-35(49-3)34(48-2)22-27(33)21-32(43-37(44)26-15-8-5-9-16-26)38(45)41-28-17-12-18-29(23-28)50-36(25-13-6-4-7-14-25)39(46)42-31-20-11-10-19-30(31)40/h4-24,36H,1-3H3,(H,41,45)(H,42,46)(H,43,44)/b32-21+. The number of carbonyl (C=O) groups is 3. The summed E-state index contributed by atoms with van der Waals surface area (Å²) in [6.07, 6.45) is 1.51. The van der Waals surface area contributed by atoms with E-state index < -0.39 is 17.1 Å². The summed E-state index contributed by atoms with van der Waals surface area (Å²) in [6.45, 7) is 0.